The molecule has 0 bridgehead atoms. The Balaban J connectivity index is 2.56. The zero-order valence-electron chi connectivity index (χ0n) is 7.70. The Labute approximate surface area is 76.5 Å². The van der Waals surface area contributed by atoms with E-state index in [0.717, 1.165) is 0 Å². The van der Waals surface area contributed by atoms with Gasteiger partial charge in [0, 0.05) is 0 Å². The molecule has 1 heterocycles. The van der Waals surface area contributed by atoms with Gasteiger partial charge in [-0.05, 0) is 19.9 Å². The van der Waals surface area contributed by atoms with E-state index in [0.29, 0.717) is 6.61 Å². The molecule has 13 heavy (non-hydrogen) atoms. The number of cyclic esters (lactones) is 1. The van der Waals surface area contributed by atoms with E-state index in [1.165, 1.54) is 6.26 Å². The molecule has 0 radical (unpaired) electrons. The zero-order chi connectivity index (χ0) is 9.90. The number of hydrogen-bond acceptors (Lipinski definition) is 4. The molecule has 72 valence electrons. The molecular weight excluding hydrogens is 172 g/mol. The summed E-state index contributed by atoms with van der Waals surface area (Å²) in [5, 5.41) is 0. The highest BCUT2D eigenvalue weighted by Gasteiger charge is 2.38. The van der Waals surface area contributed by atoms with Crippen molar-refractivity contribution in [1.29, 1.82) is 0 Å². The average Bonchev–Trinajstić information content (AvgIpc) is 2.32. The molecule has 0 aromatic rings. The Hall–Kier alpha value is -1.32. The van der Waals surface area contributed by atoms with Gasteiger partial charge in [0.15, 0.2) is 0 Å². The van der Waals surface area contributed by atoms with Crippen LogP contribution in [0.5, 0.6) is 0 Å². The van der Waals surface area contributed by atoms with Gasteiger partial charge in [0.05, 0.1) is 24.7 Å². The molecule has 4 heteroatoms. The molecule has 0 aliphatic carbocycles. The van der Waals surface area contributed by atoms with Gasteiger partial charge in [-0.15, -0.1) is 0 Å². The Morgan fingerprint density at radius 1 is 1.69 bits per heavy atom. The minimum atomic E-state index is -0.841. The third-order valence-corrected chi connectivity index (χ3v) is 1.89. The highest BCUT2D eigenvalue weighted by Crippen LogP contribution is 2.30. The minimum Gasteiger partial charge on any atom is -0.466 e. The van der Waals surface area contributed by atoms with Crippen LogP contribution < -0.4 is 0 Å². The van der Waals surface area contributed by atoms with Gasteiger partial charge >= 0.3 is 11.9 Å². The highest BCUT2D eigenvalue weighted by atomic mass is 16.5. The van der Waals surface area contributed by atoms with E-state index in [9.17, 15) is 9.59 Å². The van der Waals surface area contributed by atoms with Gasteiger partial charge in [-0.2, -0.15) is 0 Å². The Morgan fingerprint density at radius 2 is 2.38 bits per heavy atom. The van der Waals surface area contributed by atoms with Crippen molar-refractivity contribution in [3.05, 3.63) is 12.3 Å². The maximum absolute atomic E-state index is 11.1. The van der Waals surface area contributed by atoms with E-state index < -0.39 is 11.4 Å². The molecule has 0 N–H and O–H groups in total. The molecule has 0 aromatic heterocycles. The summed E-state index contributed by atoms with van der Waals surface area (Å²) in [5.74, 6) is -0.783. The molecule has 1 aliphatic heterocycles. The fraction of sp³-hybridized carbons (Fsp3) is 0.556. The van der Waals surface area contributed by atoms with Crippen LogP contribution in [0.4, 0.5) is 0 Å². The van der Waals surface area contributed by atoms with E-state index in [1.807, 2.05) is 0 Å². The summed E-state index contributed by atoms with van der Waals surface area (Å²) in [6.07, 6.45) is 2.92. The molecule has 0 saturated heterocycles. The number of ether oxygens (including phenoxy) is 2. The number of carbonyl (C=O) groups excluding carboxylic acids is 2. The lowest BCUT2D eigenvalue weighted by Crippen LogP contribution is -2.26. The monoisotopic (exact) mass is 184 g/mol. The number of hydrogen-bond donors (Lipinski definition) is 0. The van der Waals surface area contributed by atoms with E-state index in [4.69, 9.17) is 4.74 Å². The maximum atomic E-state index is 11.1. The van der Waals surface area contributed by atoms with Gasteiger partial charge in [0.25, 0.3) is 0 Å². The van der Waals surface area contributed by atoms with Gasteiger partial charge < -0.3 is 9.47 Å². The highest BCUT2D eigenvalue weighted by molar-refractivity contribution is 5.86. The van der Waals surface area contributed by atoms with Crippen LogP contribution in [0.2, 0.25) is 0 Å². The smallest absolute Gasteiger partial charge is 0.321 e. The van der Waals surface area contributed by atoms with Crippen LogP contribution in [0.3, 0.4) is 0 Å². The number of carbonyl (C=O) groups is 2. The summed E-state index contributed by atoms with van der Waals surface area (Å²) < 4.78 is 9.36. The van der Waals surface area contributed by atoms with Gasteiger partial charge in [-0.25, -0.2) is 0 Å². The first-order valence-electron chi connectivity index (χ1n) is 4.13. The van der Waals surface area contributed by atoms with E-state index in [-0.39, 0.29) is 12.4 Å². The molecule has 1 rings (SSSR count). The van der Waals surface area contributed by atoms with Crippen LogP contribution in [0.25, 0.3) is 0 Å². The van der Waals surface area contributed by atoms with Crippen molar-refractivity contribution >= 4 is 11.9 Å². The predicted molar refractivity (Wildman–Crippen MR) is 44.6 cm³/mol. The number of rotatable bonds is 3. The normalized spacial score (nSPS) is 25.8. The fourth-order valence-corrected chi connectivity index (χ4v) is 1.09. The molecule has 1 aliphatic rings. The van der Waals surface area contributed by atoms with Gasteiger partial charge in [0.2, 0.25) is 0 Å². The maximum Gasteiger partial charge on any atom is 0.321 e. The lowest BCUT2D eigenvalue weighted by atomic mass is 9.88. The molecule has 0 saturated carbocycles. The quantitative estimate of drug-likeness (QED) is 0.614. The van der Waals surface area contributed by atoms with E-state index in [2.05, 4.69) is 4.74 Å². The third kappa shape index (κ3) is 2.08. The molecule has 0 fully saturated rings. The average molecular weight is 184 g/mol. The standard InChI is InChI=1S/C9H12O4/c1-3-12-7(10)6-9(2)4-5-13-8(9)11/h4-5H,3,6H2,1-2H3. The van der Waals surface area contributed by atoms with Crippen LogP contribution in [-0.4, -0.2) is 18.5 Å². The summed E-state index contributed by atoms with van der Waals surface area (Å²) in [5.41, 5.74) is -0.841. The van der Waals surface area contributed by atoms with Crippen LogP contribution in [0.15, 0.2) is 12.3 Å². The third-order valence-electron chi connectivity index (χ3n) is 1.89. The second-order valence-corrected chi connectivity index (χ2v) is 3.11. The summed E-state index contributed by atoms with van der Waals surface area (Å²) >= 11 is 0. The van der Waals surface area contributed by atoms with Gasteiger partial charge in [-0.3, -0.25) is 9.59 Å². The van der Waals surface area contributed by atoms with Gasteiger partial charge in [0.1, 0.15) is 0 Å². The van der Waals surface area contributed by atoms with Crippen LogP contribution in [0.1, 0.15) is 20.3 Å². The van der Waals surface area contributed by atoms with Crippen molar-refractivity contribution < 1.29 is 19.1 Å². The van der Waals surface area contributed by atoms with E-state index in [1.54, 1.807) is 19.9 Å². The predicted octanol–water partition coefficient (Wildman–Crippen LogP) is 1.02. The SMILES string of the molecule is CCOC(=O)CC1(C)C=COC1=O. The first kappa shape index (κ1) is 9.77. The molecule has 0 amide bonds. The largest absolute Gasteiger partial charge is 0.466 e. The lowest BCUT2D eigenvalue weighted by Gasteiger charge is -2.15. The van der Waals surface area contributed by atoms with Crippen LogP contribution in [-0.2, 0) is 19.1 Å². The summed E-state index contributed by atoms with van der Waals surface area (Å²) in [7, 11) is 0. The van der Waals surface area contributed by atoms with Crippen molar-refractivity contribution in [3.8, 4) is 0 Å². The fourth-order valence-electron chi connectivity index (χ4n) is 1.09. The van der Waals surface area contributed by atoms with Crippen LogP contribution in [0, 0.1) is 5.41 Å². The van der Waals surface area contributed by atoms with Crippen molar-refractivity contribution in [2.75, 3.05) is 6.61 Å². The molecule has 0 aromatic carbocycles. The zero-order valence-corrected chi connectivity index (χ0v) is 7.70. The van der Waals surface area contributed by atoms with Crippen molar-refractivity contribution in [2.45, 2.75) is 20.3 Å². The summed E-state index contributed by atoms with van der Waals surface area (Å²) in [4.78, 5) is 22.2. The molecule has 4 nitrogen and oxygen atoms in total. The molecule has 1 unspecified atom stereocenters. The Morgan fingerprint density at radius 3 is 2.85 bits per heavy atom. The molecular formula is C9H12O4. The second-order valence-electron chi connectivity index (χ2n) is 3.11. The summed E-state index contributed by atoms with van der Waals surface area (Å²) in [6, 6.07) is 0. The second kappa shape index (κ2) is 3.60. The van der Waals surface area contributed by atoms with E-state index >= 15 is 0 Å². The minimum absolute atomic E-state index is 0.0379. The molecule has 1 atom stereocenters. The van der Waals surface area contributed by atoms with Crippen LogP contribution >= 0.6 is 0 Å². The molecule has 0 spiro atoms. The van der Waals surface area contributed by atoms with Crippen molar-refractivity contribution in [2.24, 2.45) is 5.41 Å². The Kier molecular flexibility index (Phi) is 2.70. The topological polar surface area (TPSA) is 52.6 Å². The van der Waals surface area contributed by atoms with Crippen molar-refractivity contribution in [3.63, 3.8) is 0 Å². The van der Waals surface area contributed by atoms with Gasteiger partial charge in [-0.1, -0.05) is 0 Å². The first-order chi connectivity index (χ1) is 6.08. The first-order valence-corrected chi connectivity index (χ1v) is 4.13. The van der Waals surface area contributed by atoms with Crippen molar-refractivity contribution in [1.82, 2.24) is 0 Å². The Bertz CT molecular complexity index is 256. The summed E-state index contributed by atoms with van der Waals surface area (Å²) in [6.45, 7) is 3.70. The number of esters is 2. The lowest BCUT2D eigenvalue weighted by molar-refractivity contribution is -0.152.